The highest BCUT2D eigenvalue weighted by molar-refractivity contribution is 9.10. The molecule has 0 aliphatic rings. The van der Waals surface area contributed by atoms with Crippen molar-refractivity contribution in [1.82, 2.24) is 5.32 Å². The van der Waals surface area contributed by atoms with E-state index >= 15 is 0 Å². The van der Waals surface area contributed by atoms with Gasteiger partial charge in [0, 0.05) is 23.0 Å². The molecule has 2 nitrogen and oxygen atoms in total. The molecule has 0 fully saturated rings. The predicted octanol–water partition coefficient (Wildman–Crippen LogP) is 2.73. The van der Waals surface area contributed by atoms with E-state index in [2.05, 4.69) is 34.2 Å². The summed E-state index contributed by atoms with van der Waals surface area (Å²) in [6.07, 6.45) is 0.962. The van der Waals surface area contributed by atoms with Crippen LogP contribution in [0.15, 0.2) is 28.7 Å². The van der Waals surface area contributed by atoms with E-state index in [1.54, 1.807) is 0 Å². The summed E-state index contributed by atoms with van der Waals surface area (Å²) in [5.41, 5.74) is 1.21. The Morgan fingerprint density at radius 1 is 1.40 bits per heavy atom. The molecule has 2 atom stereocenters. The third kappa shape index (κ3) is 3.03. The summed E-state index contributed by atoms with van der Waals surface area (Å²) in [7, 11) is 1.93. The van der Waals surface area contributed by atoms with Gasteiger partial charge in [-0.2, -0.15) is 0 Å². The molecule has 2 unspecified atom stereocenters. The number of halogens is 1. The van der Waals surface area contributed by atoms with Crippen molar-refractivity contribution >= 4 is 15.9 Å². The van der Waals surface area contributed by atoms with Gasteiger partial charge in [0.2, 0.25) is 0 Å². The molecule has 1 rings (SSSR count). The molecule has 2 N–H and O–H groups in total. The molecule has 0 bridgehead atoms. The van der Waals surface area contributed by atoms with E-state index in [9.17, 15) is 5.11 Å². The lowest BCUT2D eigenvalue weighted by atomic mass is 9.92. The minimum absolute atomic E-state index is 0.204. The summed E-state index contributed by atoms with van der Waals surface area (Å²) in [5, 5.41) is 12.6. The zero-order valence-electron chi connectivity index (χ0n) is 9.20. The Kier molecular flexibility index (Phi) is 5.29. The third-order valence-electron chi connectivity index (χ3n) is 2.78. The first-order valence-electron chi connectivity index (χ1n) is 5.27. The maximum atomic E-state index is 9.32. The summed E-state index contributed by atoms with van der Waals surface area (Å²) in [4.78, 5) is 0. The normalized spacial score (nSPS) is 14.9. The molecular formula is C12H18BrNO. The fourth-order valence-corrected chi connectivity index (χ4v) is 2.37. The second kappa shape index (κ2) is 6.26. The molecule has 84 valence electrons. The number of rotatable bonds is 5. The van der Waals surface area contributed by atoms with Crippen LogP contribution in [0.25, 0.3) is 0 Å². The molecule has 0 saturated heterocycles. The van der Waals surface area contributed by atoms with Crippen LogP contribution >= 0.6 is 15.9 Å². The Morgan fingerprint density at radius 3 is 2.53 bits per heavy atom. The molecule has 0 aromatic heterocycles. The molecule has 15 heavy (non-hydrogen) atoms. The van der Waals surface area contributed by atoms with Crippen molar-refractivity contribution in [3.63, 3.8) is 0 Å². The molecule has 0 amide bonds. The van der Waals surface area contributed by atoms with E-state index in [1.807, 2.05) is 25.2 Å². The summed E-state index contributed by atoms with van der Waals surface area (Å²) in [6, 6.07) is 8.35. The van der Waals surface area contributed by atoms with Crippen LogP contribution < -0.4 is 5.32 Å². The average Bonchev–Trinajstić information content (AvgIpc) is 2.27. The van der Waals surface area contributed by atoms with Gasteiger partial charge >= 0.3 is 0 Å². The van der Waals surface area contributed by atoms with Gasteiger partial charge in [0.1, 0.15) is 0 Å². The highest BCUT2D eigenvalue weighted by Gasteiger charge is 2.20. The van der Waals surface area contributed by atoms with E-state index in [-0.39, 0.29) is 18.6 Å². The van der Waals surface area contributed by atoms with Crippen molar-refractivity contribution in [2.45, 2.75) is 19.4 Å². The SMILES string of the molecule is CCC(CO)C(NC)c1ccccc1Br. The van der Waals surface area contributed by atoms with E-state index < -0.39 is 0 Å². The Labute approximate surface area is 99.8 Å². The van der Waals surface area contributed by atoms with Crippen LogP contribution in [0.2, 0.25) is 0 Å². The molecule has 1 aromatic carbocycles. The Balaban J connectivity index is 2.96. The van der Waals surface area contributed by atoms with Crippen molar-refractivity contribution in [2.24, 2.45) is 5.92 Å². The van der Waals surface area contributed by atoms with Gasteiger partial charge in [0.25, 0.3) is 0 Å². The Hall–Kier alpha value is -0.380. The highest BCUT2D eigenvalue weighted by atomic mass is 79.9. The predicted molar refractivity (Wildman–Crippen MR) is 66.8 cm³/mol. The van der Waals surface area contributed by atoms with E-state index in [0.29, 0.717) is 0 Å². The highest BCUT2D eigenvalue weighted by Crippen LogP contribution is 2.29. The van der Waals surface area contributed by atoms with Gasteiger partial charge in [-0.1, -0.05) is 41.1 Å². The third-order valence-corrected chi connectivity index (χ3v) is 3.50. The molecule has 0 aliphatic heterocycles. The molecule has 3 heteroatoms. The molecule has 0 heterocycles. The van der Waals surface area contributed by atoms with Gasteiger partial charge in [0.15, 0.2) is 0 Å². The molecule has 0 radical (unpaired) electrons. The van der Waals surface area contributed by atoms with Crippen LogP contribution in [0.4, 0.5) is 0 Å². The zero-order valence-corrected chi connectivity index (χ0v) is 10.8. The molecule has 0 saturated carbocycles. The smallest absolute Gasteiger partial charge is 0.0477 e. The Morgan fingerprint density at radius 2 is 2.07 bits per heavy atom. The first-order chi connectivity index (χ1) is 7.24. The van der Waals surface area contributed by atoms with E-state index in [1.165, 1.54) is 5.56 Å². The first-order valence-corrected chi connectivity index (χ1v) is 6.06. The molecule has 0 spiro atoms. The van der Waals surface area contributed by atoms with Crippen molar-refractivity contribution < 1.29 is 5.11 Å². The van der Waals surface area contributed by atoms with Crippen molar-refractivity contribution in [3.8, 4) is 0 Å². The van der Waals surface area contributed by atoms with E-state index in [0.717, 1.165) is 10.9 Å². The van der Waals surface area contributed by atoms with Crippen LogP contribution in [-0.2, 0) is 0 Å². The summed E-state index contributed by atoms with van der Waals surface area (Å²) in [6.45, 7) is 2.31. The topological polar surface area (TPSA) is 32.3 Å². The summed E-state index contributed by atoms with van der Waals surface area (Å²) >= 11 is 3.54. The molecule has 1 aromatic rings. The monoisotopic (exact) mass is 271 g/mol. The largest absolute Gasteiger partial charge is 0.396 e. The number of aliphatic hydroxyl groups excluding tert-OH is 1. The van der Waals surface area contributed by atoms with Crippen LogP contribution in [0.3, 0.4) is 0 Å². The second-order valence-corrected chi connectivity index (χ2v) is 4.49. The van der Waals surface area contributed by atoms with Gasteiger partial charge in [-0.05, 0) is 25.1 Å². The minimum atomic E-state index is 0.204. The molecule has 0 aliphatic carbocycles. The number of aliphatic hydroxyl groups is 1. The number of hydrogen-bond acceptors (Lipinski definition) is 2. The summed E-state index contributed by atoms with van der Waals surface area (Å²) < 4.78 is 1.09. The van der Waals surface area contributed by atoms with Crippen molar-refractivity contribution in [2.75, 3.05) is 13.7 Å². The fourth-order valence-electron chi connectivity index (χ4n) is 1.84. The van der Waals surface area contributed by atoms with Crippen LogP contribution in [0.1, 0.15) is 24.9 Å². The second-order valence-electron chi connectivity index (χ2n) is 3.64. The van der Waals surface area contributed by atoms with Crippen molar-refractivity contribution in [1.29, 1.82) is 0 Å². The maximum absolute atomic E-state index is 9.32. The zero-order chi connectivity index (χ0) is 11.3. The first kappa shape index (κ1) is 12.7. The number of hydrogen-bond donors (Lipinski definition) is 2. The van der Waals surface area contributed by atoms with Crippen LogP contribution in [0.5, 0.6) is 0 Å². The lowest BCUT2D eigenvalue weighted by Crippen LogP contribution is -2.27. The number of nitrogens with one attached hydrogen (secondary N) is 1. The quantitative estimate of drug-likeness (QED) is 0.863. The molecular weight excluding hydrogens is 254 g/mol. The van der Waals surface area contributed by atoms with E-state index in [4.69, 9.17) is 0 Å². The number of benzene rings is 1. The van der Waals surface area contributed by atoms with Crippen LogP contribution in [0, 0.1) is 5.92 Å². The van der Waals surface area contributed by atoms with Gasteiger partial charge in [-0.25, -0.2) is 0 Å². The fraction of sp³-hybridized carbons (Fsp3) is 0.500. The minimum Gasteiger partial charge on any atom is -0.396 e. The van der Waals surface area contributed by atoms with Crippen molar-refractivity contribution in [3.05, 3.63) is 34.3 Å². The van der Waals surface area contributed by atoms with Gasteiger partial charge < -0.3 is 10.4 Å². The van der Waals surface area contributed by atoms with Crippen LogP contribution in [-0.4, -0.2) is 18.8 Å². The van der Waals surface area contributed by atoms with Gasteiger partial charge in [-0.3, -0.25) is 0 Å². The maximum Gasteiger partial charge on any atom is 0.0477 e. The lowest BCUT2D eigenvalue weighted by Gasteiger charge is -2.25. The average molecular weight is 272 g/mol. The lowest BCUT2D eigenvalue weighted by molar-refractivity contribution is 0.189. The summed E-state index contributed by atoms with van der Waals surface area (Å²) in [5.74, 6) is 0.258. The standard InChI is InChI=1S/C12H18BrNO/c1-3-9(8-15)12(14-2)10-6-4-5-7-11(10)13/h4-7,9,12,14-15H,3,8H2,1-2H3. The Bertz CT molecular complexity index is 299. The van der Waals surface area contributed by atoms with Gasteiger partial charge in [0.05, 0.1) is 0 Å². The van der Waals surface area contributed by atoms with Gasteiger partial charge in [-0.15, -0.1) is 0 Å².